The minimum absolute atomic E-state index is 0.0512. The van der Waals surface area contributed by atoms with Crippen LogP contribution in [0.2, 0.25) is 0 Å². The Morgan fingerprint density at radius 1 is 1.54 bits per heavy atom. The highest BCUT2D eigenvalue weighted by molar-refractivity contribution is 5.07. The molecule has 3 atom stereocenters. The maximum Gasteiger partial charge on any atom is 0.144 e. The molecular formula is C10H16O3. The first kappa shape index (κ1) is 10.5. The topological polar surface area (TPSA) is 38.7 Å². The highest BCUT2D eigenvalue weighted by atomic mass is 16.5. The van der Waals surface area contributed by atoms with Crippen LogP contribution in [-0.4, -0.2) is 37.1 Å². The number of methoxy groups -OCH3 is 1. The van der Waals surface area contributed by atoms with E-state index < -0.39 is 0 Å². The summed E-state index contributed by atoms with van der Waals surface area (Å²) in [5.74, 6) is 5.75. The van der Waals surface area contributed by atoms with Gasteiger partial charge in [0.05, 0.1) is 18.8 Å². The number of hydrogen-bond acceptors (Lipinski definition) is 3. The first-order valence-electron chi connectivity index (χ1n) is 4.53. The summed E-state index contributed by atoms with van der Waals surface area (Å²) < 4.78 is 10.8. The molecule has 0 radical (unpaired) electrons. The first-order valence-corrected chi connectivity index (χ1v) is 4.53. The highest BCUT2D eigenvalue weighted by Crippen LogP contribution is 2.21. The van der Waals surface area contributed by atoms with Gasteiger partial charge in [0.2, 0.25) is 0 Å². The Hall–Kier alpha value is -0.560. The summed E-state index contributed by atoms with van der Waals surface area (Å²) in [7, 11) is 1.66. The molecule has 1 heterocycles. The fourth-order valence-corrected chi connectivity index (χ4v) is 1.51. The van der Waals surface area contributed by atoms with Crippen molar-refractivity contribution < 1.29 is 14.6 Å². The molecule has 1 N–H and O–H groups in total. The van der Waals surface area contributed by atoms with Crippen LogP contribution in [0.15, 0.2) is 0 Å². The minimum Gasteiger partial charge on any atom is -0.394 e. The summed E-state index contributed by atoms with van der Waals surface area (Å²) in [6, 6.07) is 0. The Balaban J connectivity index is 2.55. The molecule has 0 bridgehead atoms. The van der Waals surface area contributed by atoms with E-state index in [1.807, 2.05) is 0 Å². The van der Waals surface area contributed by atoms with Gasteiger partial charge in [-0.25, -0.2) is 0 Å². The number of aliphatic hydroxyl groups is 1. The van der Waals surface area contributed by atoms with Crippen molar-refractivity contribution in [3.8, 4) is 11.8 Å². The lowest BCUT2D eigenvalue weighted by Crippen LogP contribution is -2.40. The van der Waals surface area contributed by atoms with Gasteiger partial charge < -0.3 is 14.6 Å². The van der Waals surface area contributed by atoms with E-state index in [9.17, 15) is 0 Å². The SMILES string of the molecule is CC#C[C@H]1O[C@H](CO)CC[C@H]1OC. The zero-order chi connectivity index (χ0) is 9.68. The summed E-state index contributed by atoms with van der Waals surface area (Å²) >= 11 is 0. The van der Waals surface area contributed by atoms with E-state index in [2.05, 4.69) is 11.8 Å². The van der Waals surface area contributed by atoms with Crippen molar-refractivity contribution in [1.82, 2.24) is 0 Å². The van der Waals surface area contributed by atoms with Crippen LogP contribution in [0.4, 0.5) is 0 Å². The molecular weight excluding hydrogens is 168 g/mol. The van der Waals surface area contributed by atoms with E-state index in [4.69, 9.17) is 14.6 Å². The molecule has 13 heavy (non-hydrogen) atoms. The van der Waals surface area contributed by atoms with E-state index >= 15 is 0 Å². The number of hydrogen-bond donors (Lipinski definition) is 1. The summed E-state index contributed by atoms with van der Waals surface area (Å²) in [6.45, 7) is 1.84. The molecule has 1 aliphatic rings. The maximum absolute atomic E-state index is 8.92. The predicted octanol–water partition coefficient (Wildman–Crippen LogP) is 0.565. The molecule has 0 aromatic rings. The molecule has 1 saturated heterocycles. The third-order valence-electron chi connectivity index (χ3n) is 2.24. The lowest BCUT2D eigenvalue weighted by Gasteiger charge is -2.32. The summed E-state index contributed by atoms with van der Waals surface area (Å²) in [4.78, 5) is 0. The Morgan fingerprint density at radius 3 is 2.85 bits per heavy atom. The van der Waals surface area contributed by atoms with Crippen molar-refractivity contribution in [3.05, 3.63) is 0 Å². The normalized spacial score (nSPS) is 33.6. The first-order chi connectivity index (χ1) is 6.31. The Labute approximate surface area is 79.0 Å². The fourth-order valence-electron chi connectivity index (χ4n) is 1.51. The number of aliphatic hydroxyl groups excluding tert-OH is 1. The smallest absolute Gasteiger partial charge is 0.144 e. The monoisotopic (exact) mass is 184 g/mol. The van der Waals surface area contributed by atoms with Crippen LogP contribution in [0.3, 0.4) is 0 Å². The van der Waals surface area contributed by atoms with Gasteiger partial charge in [-0.2, -0.15) is 0 Å². The Kier molecular flexibility index (Phi) is 4.23. The molecule has 3 nitrogen and oxygen atoms in total. The summed E-state index contributed by atoms with van der Waals surface area (Å²) in [5, 5.41) is 8.92. The van der Waals surface area contributed by atoms with Gasteiger partial charge in [0, 0.05) is 7.11 Å². The zero-order valence-electron chi connectivity index (χ0n) is 8.12. The maximum atomic E-state index is 8.92. The van der Waals surface area contributed by atoms with Gasteiger partial charge in [-0.15, -0.1) is 5.92 Å². The van der Waals surface area contributed by atoms with Crippen LogP contribution in [0, 0.1) is 11.8 Å². The summed E-state index contributed by atoms with van der Waals surface area (Å²) in [6.07, 6.45) is 1.55. The quantitative estimate of drug-likeness (QED) is 0.637. The van der Waals surface area contributed by atoms with Crippen molar-refractivity contribution in [1.29, 1.82) is 0 Å². The van der Waals surface area contributed by atoms with Gasteiger partial charge in [-0.3, -0.25) is 0 Å². The molecule has 74 valence electrons. The van der Waals surface area contributed by atoms with Crippen molar-refractivity contribution >= 4 is 0 Å². The van der Waals surface area contributed by atoms with Gasteiger partial charge in [-0.1, -0.05) is 5.92 Å². The van der Waals surface area contributed by atoms with Crippen LogP contribution >= 0.6 is 0 Å². The molecule has 0 aromatic heterocycles. The molecule has 1 aliphatic heterocycles. The van der Waals surface area contributed by atoms with E-state index in [0.717, 1.165) is 12.8 Å². The molecule has 0 aromatic carbocycles. The van der Waals surface area contributed by atoms with Crippen LogP contribution in [0.5, 0.6) is 0 Å². The molecule has 1 rings (SSSR count). The second-order valence-electron chi connectivity index (χ2n) is 3.11. The number of rotatable bonds is 2. The molecule has 3 heteroatoms. The van der Waals surface area contributed by atoms with Crippen molar-refractivity contribution in [2.75, 3.05) is 13.7 Å². The fraction of sp³-hybridized carbons (Fsp3) is 0.800. The van der Waals surface area contributed by atoms with E-state index in [-0.39, 0.29) is 24.9 Å². The average molecular weight is 184 g/mol. The lowest BCUT2D eigenvalue weighted by molar-refractivity contribution is -0.116. The second-order valence-corrected chi connectivity index (χ2v) is 3.11. The van der Waals surface area contributed by atoms with E-state index in [0.29, 0.717) is 0 Å². The zero-order valence-corrected chi connectivity index (χ0v) is 8.12. The van der Waals surface area contributed by atoms with Gasteiger partial charge in [0.1, 0.15) is 6.10 Å². The molecule has 0 saturated carbocycles. The van der Waals surface area contributed by atoms with Crippen LogP contribution in [0.25, 0.3) is 0 Å². The van der Waals surface area contributed by atoms with Gasteiger partial charge in [0.15, 0.2) is 0 Å². The third-order valence-corrected chi connectivity index (χ3v) is 2.24. The van der Waals surface area contributed by atoms with E-state index in [1.165, 1.54) is 0 Å². The molecule has 0 amide bonds. The predicted molar refractivity (Wildman–Crippen MR) is 49.2 cm³/mol. The highest BCUT2D eigenvalue weighted by Gasteiger charge is 2.29. The minimum atomic E-state index is -0.180. The molecule has 1 fully saturated rings. The second kappa shape index (κ2) is 5.23. The van der Waals surface area contributed by atoms with Crippen LogP contribution in [0.1, 0.15) is 19.8 Å². The standard InChI is InChI=1S/C10H16O3/c1-3-4-10-9(12-2)6-5-8(7-11)13-10/h8-11H,5-7H2,1-2H3/t8-,9+,10+/m0/s1. The van der Waals surface area contributed by atoms with Crippen LogP contribution < -0.4 is 0 Å². The molecule has 0 spiro atoms. The summed E-state index contributed by atoms with van der Waals surface area (Å²) in [5.41, 5.74) is 0. The van der Waals surface area contributed by atoms with Crippen molar-refractivity contribution in [2.45, 2.75) is 38.1 Å². The van der Waals surface area contributed by atoms with Gasteiger partial charge in [-0.05, 0) is 19.8 Å². The van der Waals surface area contributed by atoms with Gasteiger partial charge >= 0.3 is 0 Å². The van der Waals surface area contributed by atoms with Crippen molar-refractivity contribution in [2.24, 2.45) is 0 Å². The largest absolute Gasteiger partial charge is 0.394 e. The van der Waals surface area contributed by atoms with E-state index in [1.54, 1.807) is 14.0 Å². The molecule has 0 unspecified atom stereocenters. The Bertz CT molecular complexity index is 204. The molecule has 0 aliphatic carbocycles. The van der Waals surface area contributed by atoms with Crippen molar-refractivity contribution in [3.63, 3.8) is 0 Å². The van der Waals surface area contributed by atoms with Crippen LogP contribution in [-0.2, 0) is 9.47 Å². The third kappa shape index (κ3) is 2.70. The lowest BCUT2D eigenvalue weighted by atomic mass is 10.0. The number of ether oxygens (including phenoxy) is 2. The Morgan fingerprint density at radius 2 is 2.31 bits per heavy atom. The average Bonchev–Trinajstić information content (AvgIpc) is 2.18. The van der Waals surface area contributed by atoms with Gasteiger partial charge in [0.25, 0.3) is 0 Å².